The minimum Gasteiger partial charge on any atom is -0.396 e. The molecule has 0 aliphatic carbocycles. The molecule has 72 valence electrons. The third-order valence-corrected chi connectivity index (χ3v) is 3.65. The largest absolute Gasteiger partial charge is 0.396 e. The second kappa shape index (κ2) is 5.84. The Bertz CT molecular complexity index is 111. The van der Waals surface area contributed by atoms with Crippen molar-refractivity contribution in [3.05, 3.63) is 0 Å². The predicted octanol–water partition coefficient (Wildman–Crippen LogP) is 1.09. The molecule has 0 amide bonds. The predicted molar refractivity (Wildman–Crippen MR) is 54.3 cm³/mol. The van der Waals surface area contributed by atoms with Crippen molar-refractivity contribution in [1.29, 1.82) is 0 Å². The Balaban J connectivity index is 2.18. The Morgan fingerprint density at radius 2 is 2.08 bits per heavy atom. The van der Waals surface area contributed by atoms with E-state index in [1.165, 1.54) is 24.3 Å². The molecule has 12 heavy (non-hydrogen) atoms. The van der Waals surface area contributed by atoms with Gasteiger partial charge in [-0.1, -0.05) is 0 Å². The molecule has 0 saturated carbocycles. The van der Waals surface area contributed by atoms with E-state index in [0.717, 1.165) is 12.3 Å². The van der Waals surface area contributed by atoms with E-state index in [-0.39, 0.29) is 6.61 Å². The van der Waals surface area contributed by atoms with Crippen molar-refractivity contribution in [1.82, 2.24) is 0 Å². The summed E-state index contributed by atoms with van der Waals surface area (Å²) >= 11 is 2.05. The molecule has 2 nitrogen and oxygen atoms in total. The van der Waals surface area contributed by atoms with Crippen LogP contribution in [0, 0.1) is 11.8 Å². The monoisotopic (exact) mass is 189 g/mol. The Morgan fingerprint density at radius 1 is 1.42 bits per heavy atom. The Labute approximate surface area is 78.9 Å². The van der Waals surface area contributed by atoms with Gasteiger partial charge < -0.3 is 10.8 Å². The zero-order chi connectivity index (χ0) is 8.81. The van der Waals surface area contributed by atoms with Gasteiger partial charge in [-0.3, -0.25) is 0 Å². The van der Waals surface area contributed by atoms with Crippen LogP contribution in [0.3, 0.4) is 0 Å². The van der Waals surface area contributed by atoms with Gasteiger partial charge in [0.25, 0.3) is 0 Å². The van der Waals surface area contributed by atoms with Crippen LogP contribution in [0.1, 0.15) is 19.3 Å². The van der Waals surface area contributed by atoms with Crippen LogP contribution in [0.25, 0.3) is 0 Å². The van der Waals surface area contributed by atoms with E-state index >= 15 is 0 Å². The van der Waals surface area contributed by atoms with Crippen molar-refractivity contribution in [3.8, 4) is 0 Å². The van der Waals surface area contributed by atoms with E-state index in [1.54, 1.807) is 0 Å². The third-order valence-electron chi connectivity index (χ3n) is 2.60. The first-order valence-electron chi connectivity index (χ1n) is 4.75. The number of nitrogens with two attached hydrogens (primary N) is 1. The maximum Gasteiger partial charge on any atom is 0.0471 e. The summed E-state index contributed by atoms with van der Waals surface area (Å²) in [6.07, 6.45) is 3.77. The van der Waals surface area contributed by atoms with Gasteiger partial charge in [0.15, 0.2) is 0 Å². The van der Waals surface area contributed by atoms with Crippen LogP contribution in [0.5, 0.6) is 0 Å². The first-order valence-corrected chi connectivity index (χ1v) is 5.91. The number of aliphatic hydroxyl groups excluding tert-OH is 1. The van der Waals surface area contributed by atoms with Crippen molar-refractivity contribution in [3.63, 3.8) is 0 Å². The number of rotatable bonds is 4. The number of hydrogen-bond acceptors (Lipinski definition) is 3. The smallest absolute Gasteiger partial charge is 0.0471 e. The number of thioether (sulfide) groups is 1. The molecule has 0 bridgehead atoms. The van der Waals surface area contributed by atoms with Crippen LogP contribution in [0.4, 0.5) is 0 Å². The molecule has 0 radical (unpaired) electrons. The SMILES string of the molecule is NCC(CO)CC1CCSCC1. The van der Waals surface area contributed by atoms with Gasteiger partial charge in [0.2, 0.25) is 0 Å². The summed E-state index contributed by atoms with van der Waals surface area (Å²) in [5.74, 6) is 3.77. The molecular formula is C9H19NOS. The van der Waals surface area contributed by atoms with Gasteiger partial charge in [-0.05, 0) is 49.1 Å². The molecular weight excluding hydrogens is 170 g/mol. The van der Waals surface area contributed by atoms with Gasteiger partial charge in [0.1, 0.15) is 0 Å². The zero-order valence-electron chi connectivity index (χ0n) is 7.54. The molecule has 1 rings (SSSR count). The third kappa shape index (κ3) is 3.33. The van der Waals surface area contributed by atoms with E-state index in [4.69, 9.17) is 10.8 Å². The van der Waals surface area contributed by atoms with Gasteiger partial charge in [-0.25, -0.2) is 0 Å². The van der Waals surface area contributed by atoms with E-state index in [1.807, 2.05) is 11.8 Å². The summed E-state index contributed by atoms with van der Waals surface area (Å²) < 4.78 is 0. The molecule has 0 aromatic carbocycles. The topological polar surface area (TPSA) is 46.2 Å². The Hall–Kier alpha value is 0.270. The summed E-state index contributed by atoms with van der Waals surface area (Å²) in [5, 5.41) is 8.97. The van der Waals surface area contributed by atoms with Gasteiger partial charge in [0.05, 0.1) is 0 Å². The van der Waals surface area contributed by atoms with Crippen LogP contribution in [0.2, 0.25) is 0 Å². The summed E-state index contributed by atoms with van der Waals surface area (Å²) in [6, 6.07) is 0. The molecule has 1 aliphatic heterocycles. The minimum absolute atomic E-state index is 0.264. The van der Waals surface area contributed by atoms with Crippen LogP contribution in [0.15, 0.2) is 0 Å². The minimum atomic E-state index is 0.264. The molecule has 1 atom stereocenters. The average Bonchev–Trinajstić information content (AvgIpc) is 2.16. The fraction of sp³-hybridized carbons (Fsp3) is 1.00. The number of aliphatic hydroxyl groups is 1. The molecule has 1 heterocycles. The van der Waals surface area contributed by atoms with Crippen molar-refractivity contribution in [2.24, 2.45) is 17.6 Å². The van der Waals surface area contributed by atoms with E-state index < -0.39 is 0 Å². The second-order valence-electron chi connectivity index (χ2n) is 3.58. The summed E-state index contributed by atoms with van der Waals surface area (Å²) in [5.41, 5.74) is 5.54. The lowest BCUT2D eigenvalue weighted by molar-refractivity contribution is 0.201. The maximum absolute atomic E-state index is 8.97. The lowest BCUT2D eigenvalue weighted by Gasteiger charge is -2.24. The zero-order valence-corrected chi connectivity index (χ0v) is 8.35. The highest BCUT2D eigenvalue weighted by Crippen LogP contribution is 2.27. The van der Waals surface area contributed by atoms with Crippen molar-refractivity contribution < 1.29 is 5.11 Å². The normalized spacial score (nSPS) is 22.5. The fourth-order valence-electron chi connectivity index (χ4n) is 1.70. The van der Waals surface area contributed by atoms with E-state index in [2.05, 4.69) is 0 Å². The highest BCUT2D eigenvalue weighted by atomic mass is 32.2. The molecule has 0 spiro atoms. The standard InChI is InChI=1S/C9H19NOS/c10-6-9(7-11)5-8-1-3-12-4-2-8/h8-9,11H,1-7,10H2. The quantitative estimate of drug-likeness (QED) is 0.696. The van der Waals surface area contributed by atoms with Crippen molar-refractivity contribution >= 4 is 11.8 Å². The summed E-state index contributed by atoms with van der Waals surface area (Å²) in [6.45, 7) is 0.903. The van der Waals surface area contributed by atoms with Crippen molar-refractivity contribution in [2.45, 2.75) is 19.3 Å². The fourth-order valence-corrected chi connectivity index (χ4v) is 2.90. The lowest BCUT2D eigenvalue weighted by atomic mass is 9.91. The molecule has 0 aromatic rings. The van der Waals surface area contributed by atoms with Crippen LogP contribution < -0.4 is 5.73 Å². The number of hydrogen-bond donors (Lipinski definition) is 2. The van der Waals surface area contributed by atoms with Crippen LogP contribution >= 0.6 is 11.8 Å². The molecule has 1 saturated heterocycles. The highest BCUT2D eigenvalue weighted by Gasteiger charge is 2.17. The first kappa shape index (κ1) is 10.4. The average molecular weight is 189 g/mol. The van der Waals surface area contributed by atoms with E-state index in [9.17, 15) is 0 Å². The molecule has 1 aliphatic rings. The highest BCUT2D eigenvalue weighted by molar-refractivity contribution is 7.99. The van der Waals surface area contributed by atoms with Gasteiger partial charge in [-0.15, -0.1) is 0 Å². The molecule has 1 fully saturated rings. The second-order valence-corrected chi connectivity index (χ2v) is 4.80. The first-order chi connectivity index (χ1) is 5.86. The summed E-state index contributed by atoms with van der Waals surface area (Å²) in [4.78, 5) is 0. The van der Waals surface area contributed by atoms with Gasteiger partial charge in [-0.2, -0.15) is 11.8 Å². The van der Waals surface area contributed by atoms with Crippen LogP contribution in [-0.2, 0) is 0 Å². The van der Waals surface area contributed by atoms with Gasteiger partial charge in [0, 0.05) is 6.61 Å². The maximum atomic E-state index is 8.97. The van der Waals surface area contributed by atoms with Gasteiger partial charge >= 0.3 is 0 Å². The van der Waals surface area contributed by atoms with E-state index in [0.29, 0.717) is 12.5 Å². The van der Waals surface area contributed by atoms with Crippen LogP contribution in [-0.4, -0.2) is 29.8 Å². The molecule has 0 aromatic heterocycles. The Kier molecular flexibility index (Phi) is 5.04. The Morgan fingerprint density at radius 3 is 2.58 bits per heavy atom. The molecule has 3 N–H and O–H groups in total. The summed E-state index contributed by atoms with van der Waals surface area (Å²) in [7, 11) is 0. The van der Waals surface area contributed by atoms with Crippen molar-refractivity contribution in [2.75, 3.05) is 24.7 Å². The molecule has 3 heteroatoms. The molecule has 1 unspecified atom stereocenters. The lowest BCUT2D eigenvalue weighted by Crippen LogP contribution is -2.23.